The number of nitriles is 1. The van der Waals surface area contributed by atoms with Gasteiger partial charge in [0.15, 0.2) is 0 Å². The maximum absolute atomic E-state index is 9.40. The summed E-state index contributed by atoms with van der Waals surface area (Å²) in [6, 6.07) is 2.63. The Morgan fingerprint density at radius 2 is 2.00 bits per heavy atom. The van der Waals surface area contributed by atoms with Gasteiger partial charge in [-0.25, -0.2) is 0 Å². The van der Waals surface area contributed by atoms with E-state index in [0.717, 1.165) is 25.2 Å². The third-order valence-electron chi connectivity index (χ3n) is 3.93. The van der Waals surface area contributed by atoms with E-state index < -0.39 is 0 Å². The normalized spacial score (nSPS) is 29.9. The van der Waals surface area contributed by atoms with Crippen LogP contribution in [0.15, 0.2) is 0 Å². The van der Waals surface area contributed by atoms with Crippen molar-refractivity contribution in [3.05, 3.63) is 0 Å². The molecule has 0 amide bonds. The van der Waals surface area contributed by atoms with E-state index in [1.165, 1.54) is 37.2 Å². The molecule has 0 spiro atoms. The van der Waals surface area contributed by atoms with E-state index in [1.807, 2.05) is 11.8 Å². The third kappa shape index (κ3) is 4.01. The van der Waals surface area contributed by atoms with Crippen molar-refractivity contribution in [1.29, 1.82) is 5.26 Å². The molecule has 0 aromatic rings. The lowest BCUT2D eigenvalue weighted by atomic mass is 9.69. The molecule has 1 aliphatic rings. The second-order valence-electron chi connectivity index (χ2n) is 5.07. The fraction of sp³-hybridized carbons (Fsp3) is 0.929. The summed E-state index contributed by atoms with van der Waals surface area (Å²) >= 11 is 1.98. The Morgan fingerprint density at radius 1 is 1.31 bits per heavy atom. The van der Waals surface area contributed by atoms with Crippen LogP contribution in [0.25, 0.3) is 0 Å². The molecule has 0 saturated heterocycles. The standard InChI is InChI=1S/C14H25NS/c1-3-5-13-6-8-14(12-15,9-7-13)10-11-16-4-2/h13H,3-11H2,1-2H3. The molecule has 0 atom stereocenters. The molecule has 16 heavy (non-hydrogen) atoms. The lowest BCUT2D eigenvalue weighted by molar-refractivity contribution is 0.197. The van der Waals surface area contributed by atoms with Crippen molar-refractivity contribution >= 4 is 11.8 Å². The summed E-state index contributed by atoms with van der Waals surface area (Å²) in [7, 11) is 0. The number of rotatable bonds is 6. The van der Waals surface area contributed by atoms with Gasteiger partial charge in [-0.3, -0.25) is 0 Å². The molecule has 0 unspecified atom stereocenters. The predicted molar refractivity (Wildman–Crippen MR) is 72.5 cm³/mol. The first-order valence-corrected chi connectivity index (χ1v) is 7.91. The van der Waals surface area contributed by atoms with Gasteiger partial charge in [-0.1, -0.05) is 26.7 Å². The summed E-state index contributed by atoms with van der Waals surface area (Å²) in [5.74, 6) is 3.26. The van der Waals surface area contributed by atoms with E-state index in [-0.39, 0.29) is 5.41 Å². The van der Waals surface area contributed by atoms with Gasteiger partial charge in [-0.05, 0) is 49.5 Å². The molecule has 1 saturated carbocycles. The second-order valence-corrected chi connectivity index (χ2v) is 6.46. The lowest BCUT2D eigenvalue weighted by Crippen LogP contribution is -2.26. The zero-order chi connectivity index (χ0) is 11.9. The van der Waals surface area contributed by atoms with Gasteiger partial charge in [0, 0.05) is 0 Å². The number of thioether (sulfide) groups is 1. The van der Waals surface area contributed by atoms with Crippen LogP contribution in [0.1, 0.15) is 58.8 Å². The van der Waals surface area contributed by atoms with E-state index in [0.29, 0.717) is 0 Å². The summed E-state index contributed by atoms with van der Waals surface area (Å²) in [5, 5.41) is 9.40. The maximum Gasteiger partial charge on any atom is 0.0690 e. The molecule has 0 radical (unpaired) electrons. The van der Waals surface area contributed by atoms with Crippen molar-refractivity contribution in [3.63, 3.8) is 0 Å². The van der Waals surface area contributed by atoms with Gasteiger partial charge in [0.2, 0.25) is 0 Å². The predicted octanol–water partition coefficient (Wildman–Crippen LogP) is 4.63. The molecule has 0 N–H and O–H groups in total. The molecule has 1 nitrogen and oxygen atoms in total. The third-order valence-corrected chi connectivity index (χ3v) is 4.83. The Kier molecular flexibility index (Phi) is 6.28. The Labute approximate surface area is 105 Å². The van der Waals surface area contributed by atoms with Crippen molar-refractivity contribution in [3.8, 4) is 6.07 Å². The fourth-order valence-electron chi connectivity index (χ4n) is 2.76. The molecule has 0 bridgehead atoms. The van der Waals surface area contributed by atoms with Gasteiger partial charge in [-0.2, -0.15) is 17.0 Å². The minimum absolute atomic E-state index is 0.0341. The molecule has 92 valence electrons. The number of nitrogens with zero attached hydrogens (tertiary/aromatic N) is 1. The Morgan fingerprint density at radius 3 is 2.50 bits per heavy atom. The summed E-state index contributed by atoms with van der Waals surface area (Å²) < 4.78 is 0. The minimum Gasteiger partial charge on any atom is -0.198 e. The first-order chi connectivity index (χ1) is 7.76. The summed E-state index contributed by atoms with van der Waals surface area (Å²) in [6.45, 7) is 4.46. The van der Waals surface area contributed by atoms with Crippen molar-refractivity contribution < 1.29 is 0 Å². The summed E-state index contributed by atoms with van der Waals surface area (Å²) in [4.78, 5) is 0. The van der Waals surface area contributed by atoms with Crippen molar-refractivity contribution in [2.24, 2.45) is 11.3 Å². The highest BCUT2D eigenvalue weighted by Gasteiger charge is 2.34. The summed E-state index contributed by atoms with van der Waals surface area (Å²) in [5.41, 5.74) is 0.0341. The van der Waals surface area contributed by atoms with Gasteiger partial charge in [0.1, 0.15) is 0 Å². The van der Waals surface area contributed by atoms with Crippen molar-refractivity contribution in [1.82, 2.24) is 0 Å². The van der Waals surface area contributed by atoms with Crippen LogP contribution >= 0.6 is 11.8 Å². The average molecular weight is 239 g/mol. The lowest BCUT2D eigenvalue weighted by Gasteiger charge is -2.35. The molecular weight excluding hydrogens is 214 g/mol. The second kappa shape index (κ2) is 7.22. The molecular formula is C14H25NS. The van der Waals surface area contributed by atoms with Gasteiger partial charge in [-0.15, -0.1) is 0 Å². The molecule has 0 aromatic heterocycles. The van der Waals surface area contributed by atoms with Gasteiger partial charge >= 0.3 is 0 Å². The molecule has 0 heterocycles. The Balaban J connectivity index is 2.36. The van der Waals surface area contributed by atoms with Crippen LogP contribution in [0.5, 0.6) is 0 Å². The average Bonchev–Trinajstić information content (AvgIpc) is 2.32. The first kappa shape index (κ1) is 13.9. The van der Waals surface area contributed by atoms with Crippen LogP contribution < -0.4 is 0 Å². The highest BCUT2D eigenvalue weighted by molar-refractivity contribution is 7.99. The zero-order valence-corrected chi connectivity index (χ0v) is 11.6. The highest BCUT2D eigenvalue weighted by atomic mass is 32.2. The van der Waals surface area contributed by atoms with E-state index in [2.05, 4.69) is 19.9 Å². The fourth-order valence-corrected chi connectivity index (χ4v) is 3.58. The van der Waals surface area contributed by atoms with Gasteiger partial charge in [0.05, 0.1) is 11.5 Å². The van der Waals surface area contributed by atoms with E-state index in [1.54, 1.807) is 0 Å². The highest BCUT2D eigenvalue weighted by Crippen LogP contribution is 2.42. The Hall–Kier alpha value is -0.160. The zero-order valence-electron chi connectivity index (χ0n) is 10.8. The van der Waals surface area contributed by atoms with Crippen LogP contribution in [0.4, 0.5) is 0 Å². The number of hydrogen-bond donors (Lipinski definition) is 0. The topological polar surface area (TPSA) is 23.8 Å². The van der Waals surface area contributed by atoms with Crippen LogP contribution in [0.3, 0.4) is 0 Å². The molecule has 2 heteroatoms. The van der Waals surface area contributed by atoms with E-state index in [4.69, 9.17) is 0 Å². The van der Waals surface area contributed by atoms with Crippen LogP contribution in [-0.4, -0.2) is 11.5 Å². The molecule has 0 aromatic carbocycles. The van der Waals surface area contributed by atoms with Gasteiger partial charge < -0.3 is 0 Å². The molecule has 0 aliphatic heterocycles. The molecule has 1 aliphatic carbocycles. The van der Waals surface area contributed by atoms with Crippen LogP contribution in [0, 0.1) is 22.7 Å². The first-order valence-electron chi connectivity index (χ1n) is 6.75. The van der Waals surface area contributed by atoms with Crippen LogP contribution in [-0.2, 0) is 0 Å². The smallest absolute Gasteiger partial charge is 0.0690 e. The summed E-state index contributed by atoms with van der Waals surface area (Å²) in [6.07, 6.45) is 8.66. The Bertz CT molecular complexity index is 223. The monoisotopic (exact) mass is 239 g/mol. The van der Waals surface area contributed by atoms with Crippen LogP contribution in [0.2, 0.25) is 0 Å². The van der Waals surface area contributed by atoms with Crippen molar-refractivity contribution in [2.45, 2.75) is 58.8 Å². The number of hydrogen-bond acceptors (Lipinski definition) is 2. The van der Waals surface area contributed by atoms with Gasteiger partial charge in [0.25, 0.3) is 0 Å². The largest absolute Gasteiger partial charge is 0.198 e. The minimum atomic E-state index is 0.0341. The van der Waals surface area contributed by atoms with Crippen molar-refractivity contribution in [2.75, 3.05) is 11.5 Å². The molecule has 1 fully saturated rings. The van der Waals surface area contributed by atoms with E-state index in [9.17, 15) is 5.26 Å². The SMILES string of the molecule is CCCC1CCC(C#N)(CCSCC)CC1. The van der Waals surface area contributed by atoms with E-state index >= 15 is 0 Å². The quantitative estimate of drug-likeness (QED) is 0.631. The maximum atomic E-state index is 9.40. The molecule has 1 rings (SSSR count).